The van der Waals surface area contributed by atoms with Gasteiger partial charge < -0.3 is 20.1 Å². The molecule has 26 heavy (non-hydrogen) atoms. The molecule has 3 amide bonds. The molecule has 0 bridgehead atoms. The van der Waals surface area contributed by atoms with E-state index in [1.54, 1.807) is 0 Å². The first kappa shape index (κ1) is 18.5. The summed E-state index contributed by atoms with van der Waals surface area (Å²) in [6.07, 6.45) is 1.77. The second-order valence-corrected chi connectivity index (χ2v) is 6.84. The molecule has 2 heterocycles. The van der Waals surface area contributed by atoms with E-state index in [4.69, 9.17) is 9.47 Å². The molecule has 2 aliphatic rings. The van der Waals surface area contributed by atoms with Crippen LogP contribution in [0, 0.1) is 5.92 Å². The van der Waals surface area contributed by atoms with Gasteiger partial charge in [0.25, 0.3) is 5.91 Å². The number of carbonyl (C=O) groups is 2. The van der Waals surface area contributed by atoms with Crippen molar-refractivity contribution in [1.29, 1.82) is 0 Å². The lowest BCUT2D eigenvalue weighted by Gasteiger charge is -2.34. The van der Waals surface area contributed by atoms with Crippen molar-refractivity contribution in [1.82, 2.24) is 15.5 Å². The van der Waals surface area contributed by atoms with Gasteiger partial charge in [-0.05, 0) is 57.8 Å². The molecule has 1 aromatic rings. The number of rotatable bonds is 7. The maximum atomic E-state index is 12.9. The van der Waals surface area contributed by atoms with Gasteiger partial charge in [-0.2, -0.15) is 0 Å². The number of nitrogens with one attached hydrogen (secondary N) is 2. The Hall–Kier alpha value is -2.28. The third-order valence-electron chi connectivity index (χ3n) is 5.18. The molecule has 0 unspecified atom stereocenters. The quantitative estimate of drug-likeness (QED) is 0.724. The second-order valence-electron chi connectivity index (χ2n) is 6.84. The van der Waals surface area contributed by atoms with E-state index in [2.05, 4.69) is 10.6 Å². The summed E-state index contributed by atoms with van der Waals surface area (Å²) in [7, 11) is 0. The van der Waals surface area contributed by atoms with Crippen LogP contribution in [0.1, 0.15) is 26.7 Å². The Morgan fingerprint density at radius 2 is 1.81 bits per heavy atom. The summed E-state index contributed by atoms with van der Waals surface area (Å²) in [5, 5.41) is 6.20. The molecule has 2 fully saturated rings. The van der Waals surface area contributed by atoms with Crippen LogP contribution in [0.3, 0.4) is 0 Å². The molecule has 7 nitrogen and oxygen atoms in total. The molecular formula is C19H27N3O4. The fourth-order valence-electron chi connectivity index (χ4n) is 3.69. The fourth-order valence-corrected chi connectivity index (χ4v) is 3.69. The molecule has 3 rings (SSSR count). The van der Waals surface area contributed by atoms with E-state index in [0.29, 0.717) is 18.1 Å². The molecule has 0 spiro atoms. The summed E-state index contributed by atoms with van der Waals surface area (Å²) in [6, 6.07) is 7.05. The molecule has 2 aliphatic heterocycles. The highest BCUT2D eigenvalue weighted by Gasteiger charge is 2.52. The first-order chi connectivity index (χ1) is 12.6. The normalized spacial score (nSPS) is 23.8. The third-order valence-corrected chi connectivity index (χ3v) is 5.18. The van der Waals surface area contributed by atoms with Crippen LogP contribution < -0.4 is 20.1 Å². The van der Waals surface area contributed by atoms with E-state index in [9.17, 15) is 9.59 Å². The molecule has 2 N–H and O–H groups in total. The van der Waals surface area contributed by atoms with Gasteiger partial charge in [0.15, 0.2) is 11.5 Å². The zero-order chi connectivity index (χ0) is 18.6. The van der Waals surface area contributed by atoms with Crippen molar-refractivity contribution in [3.63, 3.8) is 0 Å². The summed E-state index contributed by atoms with van der Waals surface area (Å²) in [6.45, 7) is 6.49. The van der Waals surface area contributed by atoms with Crippen molar-refractivity contribution in [2.24, 2.45) is 5.92 Å². The molecule has 1 atom stereocenters. The smallest absolute Gasteiger partial charge is 0.325 e. The number of urea groups is 1. The van der Waals surface area contributed by atoms with Crippen molar-refractivity contribution < 1.29 is 19.1 Å². The van der Waals surface area contributed by atoms with Crippen LogP contribution in [0.25, 0.3) is 0 Å². The molecule has 0 saturated carbocycles. The van der Waals surface area contributed by atoms with Gasteiger partial charge in [0.05, 0.1) is 13.2 Å². The number of hydrogen-bond donors (Lipinski definition) is 2. The minimum Gasteiger partial charge on any atom is -0.490 e. The van der Waals surface area contributed by atoms with Gasteiger partial charge >= 0.3 is 6.03 Å². The van der Waals surface area contributed by atoms with Crippen molar-refractivity contribution in [3.8, 4) is 11.5 Å². The van der Waals surface area contributed by atoms with Crippen LogP contribution in [-0.2, 0) is 4.79 Å². The summed E-state index contributed by atoms with van der Waals surface area (Å²) < 4.78 is 11.3. The van der Waals surface area contributed by atoms with Gasteiger partial charge in [-0.25, -0.2) is 4.79 Å². The van der Waals surface area contributed by atoms with Crippen LogP contribution in [0.15, 0.2) is 24.3 Å². The topological polar surface area (TPSA) is 79.9 Å². The largest absolute Gasteiger partial charge is 0.490 e. The highest BCUT2D eigenvalue weighted by atomic mass is 16.5. The molecule has 0 radical (unpaired) electrons. The Labute approximate surface area is 154 Å². The summed E-state index contributed by atoms with van der Waals surface area (Å²) in [5.74, 6) is 1.27. The van der Waals surface area contributed by atoms with Crippen LogP contribution in [0.2, 0.25) is 0 Å². The van der Waals surface area contributed by atoms with E-state index in [1.807, 2.05) is 38.1 Å². The predicted molar refractivity (Wildman–Crippen MR) is 97.3 cm³/mol. The first-order valence-corrected chi connectivity index (χ1v) is 9.25. The van der Waals surface area contributed by atoms with Crippen molar-refractivity contribution in [2.45, 2.75) is 32.2 Å². The molecular weight excluding hydrogens is 334 g/mol. The number of carbonyl (C=O) groups excluding carboxylic acids is 2. The molecule has 142 valence electrons. The average Bonchev–Trinajstić information content (AvgIpc) is 2.88. The monoisotopic (exact) mass is 361 g/mol. The minimum absolute atomic E-state index is 0.156. The standard InChI is InChI=1S/C19H27N3O4/c1-3-25-15-6-4-5-7-16(15)26-13-12-22-17(23)19(2,21-18(22)24)14-8-10-20-11-9-14/h4-7,14,20H,3,8-13H2,1-2H3,(H,21,24)/t19-/m1/s1. The van der Waals surface area contributed by atoms with Gasteiger partial charge in [0.2, 0.25) is 0 Å². The van der Waals surface area contributed by atoms with Gasteiger partial charge in [0, 0.05) is 0 Å². The number of imide groups is 1. The Morgan fingerprint density at radius 3 is 2.46 bits per heavy atom. The van der Waals surface area contributed by atoms with E-state index in [-0.39, 0.29) is 31.0 Å². The molecule has 1 aromatic carbocycles. The maximum Gasteiger partial charge on any atom is 0.325 e. The van der Waals surface area contributed by atoms with Crippen LogP contribution >= 0.6 is 0 Å². The molecule has 0 aromatic heterocycles. The SMILES string of the molecule is CCOc1ccccc1OCCN1C(=O)N[C@](C)(C2CCNCC2)C1=O. The summed E-state index contributed by atoms with van der Waals surface area (Å²) >= 11 is 0. The number of piperidine rings is 1. The van der Waals surface area contributed by atoms with Crippen LogP contribution in [0.4, 0.5) is 4.79 Å². The van der Waals surface area contributed by atoms with E-state index in [1.165, 1.54) is 4.90 Å². The fraction of sp³-hybridized carbons (Fsp3) is 0.579. The van der Waals surface area contributed by atoms with E-state index in [0.717, 1.165) is 25.9 Å². The van der Waals surface area contributed by atoms with Crippen molar-refractivity contribution >= 4 is 11.9 Å². The minimum atomic E-state index is -0.817. The summed E-state index contributed by atoms with van der Waals surface area (Å²) in [4.78, 5) is 26.5. The van der Waals surface area contributed by atoms with Crippen molar-refractivity contribution in [3.05, 3.63) is 24.3 Å². The van der Waals surface area contributed by atoms with E-state index >= 15 is 0 Å². The Bertz CT molecular complexity index is 660. The lowest BCUT2D eigenvalue weighted by molar-refractivity contribution is -0.133. The number of nitrogens with zero attached hydrogens (tertiary/aromatic N) is 1. The molecule has 2 saturated heterocycles. The predicted octanol–water partition coefficient (Wildman–Crippen LogP) is 1.77. The highest BCUT2D eigenvalue weighted by Crippen LogP contribution is 2.32. The Balaban J connectivity index is 1.60. The van der Waals surface area contributed by atoms with Gasteiger partial charge in [0.1, 0.15) is 12.1 Å². The molecule has 0 aliphatic carbocycles. The zero-order valence-electron chi connectivity index (χ0n) is 15.4. The van der Waals surface area contributed by atoms with E-state index < -0.39 is 5.54 Å². The third kappa shape index (κ3) is 3.62. The lowest BCUT2D eigenvalue weighted by Crippen LogP contribution is -2.53. The number of ether oxygens (including phenoxy) is 2. The second kappa shape index (κ2) is 7.95. The Morgan fingerprint density at radius 1 is 1.15 bits per heavy atom. The van der Waals surface area contributed by atoms with Crippen LogP contribution in [0.5, 0.6) is 11.5 Å². The Kier molecular flexibility index (Phi) is 5.66. The average molecular weight is 361 g/mol. The van der Waals surface area contributed by atoms with Crippen molar-refractivity contribution in [2.75, 3.05) is 32.8 Å². The number of amides is 3. The van der Waals surface area contributed by atoms with Crippen LogP contribution in [-0.4, -0.2) is 55.2 Å². The summed E-state index contributed by atoms with van der Waals surface area (Å²) in [5.41, 5.74) is -0.817. The zero-order valence-corrected chi connectivity index (χ0v) is 15.4. The molecule has 7 heteroatoms. The van der Waals surface area contributed by atoms with Gasteiger partial charge in [-0.3, -0.25) is 9.69 Å². The number of hydrogen-bond acceptors (Lipinski definition) is 5. The lowest BCUT2D eigenvalue weighted by atomic mass is 9.79. The first-order valence-electron chi connectivity index (χ1n) is 9.25. The van der Waals surface area contributed by atoms with Gasteiger partial charge in [-0.15, -0.1) is 0 Å². The number of benzene rings is 1. The highest BCUT2D eigenvalue weighted by molar-refractivity contribution is 6.07. The maximum absolute atomic E-state index is 12.9. The number of para-hydroxylation sites is 2. The van der Waals surface area contributed by atoms with Gasteiger partial charge in [-0.1, -0.05) is 12.1 Å².